The standard InChI is InChI=1S/C22H19N3O3S/c1-12-9-10-13(2)16(11-12)19(26)17-18(15-7-5-4-6-8-15)25(21(28)20(17)27)22-24-23-14(3)29-22/h4-11,18,26H,1-3H3/b19-17+. The molecule has 2 heterocycles. The third kappa shape index (κ3) is 3.23. The number of ketones is 1. The van der Waals surface area contributed by atoms with E-state index in [4.69, 9.17) is 0 Å². The highest BCUT2D eigenvalue weighted by atomic mass is 32.1. The Hall–Kier alpha value is -3.32. The molecule has 29 heavy (non-hydrogen) atoms. The Morgan fingerprint density at radius 3 is 2.41 bits per heavy atom. The van der Waals surface area contributed by atoms with E-state index in [-0.39, 0.29) is 11.3 Å². The molecular weight excluding hydrogens is 386 g/mol. The van der Waals surface area contributed by atoms with Gasteiger partial charge in [-0.1, -0.05) is 59.4 Å². The zero-order valence-electron chi connectivity index (χ0n) is 16.2. The van der Waals surface area contributed by atoms with Crippen LogP contribution >= 0.6 is 11.3 Å². The molecule has 1 unspecified atom stereocenters. The lowest BCUT2D eigenvalue weighted by molar-refractivity contribution is -0.132. The maximum Gasteiger partial charge on any atom is 0.301 e. The number of aliphatic hydroxyl groups is 1. The van der Waals surface area contributed by atoms with Crippen LogP contribution in [0.25, 0.3) is 5.76 Å². The molecule has 0 radical (unpaired) electrons. The van der Waals surface area contributed by atoms with Gasteiger partial charge in [-0.3, -0.25) is 14.5 Å². The van der Waals surface area contributed by atoms with Gasteiger partial charge in [0.2, 0.25) is 5.13 Å². The Morgan fingerprint density at radius 2 is 1.76 bits per heavy atom. The van der Waals surface area contributed by atoms with Gasteiger partial charge in [0, 0.05) is 5.56 Å². The van der Waals surface area contributed by atoms with Gasteiger partial charge in [0.1, 0.15) is 10.8 Å². The molecule has 1 saturated heterocycles. The van der Waals surface area contributed by atoms with Gasteiger partial charge >= 0.3 is 5.91 Å². The van der Waals surface area contributed by atoms with Crippen molar-refractivity contribution in [3.63, 3.8) is 0 Å². The summed E-state index contributed by atoms with van der Waals surface area (Å²) in [6, 6.07) is 14.0. The van der Waals surface area contributed by atoms with Crippen LogP contribution in [0.4, 0.5) is 5.13 Å². The van der Waals surface area contributed by atoms with E-state index in [1.807, 2.05) is 62.4 Å². The lowest BCUT2D eigenvalue weighted by atomic mass is 9.93. The molecule has 1 aromatic heterocycles. The highest BCUT2D eigenvalue weighted by molar-refractivity contribution is 7.15. The van der Waals surface area contributed by atoms with Crippen molar-refractivity contribution in [1.82, 2.24) is 10.2 Å². The quantitative estimate of drug-likeness (QED) is 0.403. The summed E-state index contributed by atoms with van der Waals surface area (Å²) >= 11 is 1.23. The van der Waals surface area contributed by atoms with E-state index < -0.39 is 17.7 Å². The molecule has 1 N–H and O–H groups in total. The van der Waals surface area contributed by atoms with E-state index >= 15 is 0 Å². The van der Waals surface area contributed by atoms with Gasteiger partial charge < -0.3 is 5.11 Å². The van der Waals surface area contributed by atoms with E-state index in [0.717, 1.165) is 11.1 Å². The Labute approximate surface area is 172 Å². The number of aromatic nitrogens is 2. The zero-order valence-corrected chi connectivity index (χ0v) is 17.0. The Kier molecular flexibility index (Phi) is 4.76. The van der Waals surface area contributed by atoms with Crippen LogP contribution < -0.4 is 4.90 Å². The van der Waals surface area contributed by atoms with Crippen LogP contribution in [0.5, 0.6) is 0 Å². The normalized spacial score (nSPS) is 18.4. The third-order valence-electron chi connectivity index (χ3n) is 4.93. The monoisotopic (exact) mass is 405 g/mol. The van der Waals surface area contributed by atoms with Crippen molar-refractivity contribution < 1.29 is 14.7 Å². The lowest BCUT2D eigenvalue weighted by Crippen LogP contribution is -2.29. The number of aryl methyl sites for hydroxylation is 3. The van der Waals surface area contributed by atoms with Crippen LogP contribution in [0.15, 0.2) is 54.1 Å². The summed E-state index contributed by atoms with van der Waals surface area (Å²) in [5, 5.41) is 20.2. The first-order valence-electron chi connectivity index (χ1n) is 9.12. The first-order chi connectivity index (χ1) is 13.9. The van der Waals surface area contributed by atoms with Gasteiger partial charge in [0.15, 0.2) is 0 Å². The smallest absolute Gasteiger partial charge is 0.301 e. The van der Waals surface area contributed by atoms with Gasteiger partial charge in [-0.05, 0) is 38.0 Å². The number of Topliss-reactive ketones (excluding diaryl/α,β-unsaturated/α-hetero) is 1. The van der Waals surface area contributed by atoms with E-state index in [1.165, 1.54) is 16.2 Å². The molecule has 1 amide bonds. The Bertz CT molecular complexity index is 1150. The molecule has 7 heteroatoms. The Balaban J connectivity index is 1.97. The van der Waals surface area contributed by atoms with Gasteiger partial charge in [-0.15, -0.1) is 10.2 Å². The molecule has 0 spiro atoms. The molecule has 6 nitrogen and oxygen atoms in total. The SMILES string of the molecule is Cc1ccc(C)c(/C(O)=C2\C(=O)C(=O)N(c3nnc(C)s3)C2c2ccccc2)c1. The molecule has 0 saturated carbocycles. The van der Waals surface area contributed by atoms with Crippen LogP contribution in [-0.2, 0) is 9.59 Å². The minimum atomic E-state index is -0.775. The summed E-state index contributed by atoms with van der Waals surface area (Å²) < 4.78 is 0. The minimum absolute atomic E-state index is 0.0581. The maximum absolute atomic E-state index is 13.0. The molecule has 1 aliphatic rings. The van der Waals surface area contributed by atoms with Crippen molar-refractivity contribution in [3.8, 4) is 0 Å². The van der Waals surface area contributed by atoms with Crippen molar-refractivity contribution in [2.45, 2.75) is 26.8 Å². The number of nitrogens with zero attached hydrogens (tertiary/aromatic N) is 3. The van der Waals surface area contributed by atoms with Gasteiger partial charge in [0.25, 0.3) is 5.78 Å². The van der Waals surface area contributed by atoms with Crippen LogP contribution in [0.1, 0.15) is 33.3 Å². The lowest BCUT2D eigenvalue weighted by Gasteiger charge is -2.22. The predicted molar refractivity (Wildman–Crippen MR) is 112 cm³/mol. The minimum Gasteiger partial charge on any atom is -0.507 e. The molecule has 1 aliphatic heterocycles. The van der Waals surface area contributed by atoms with Crippen LogP contribution in [0, 0.1) is 20.8 Å². The fourth-order valence-corrected chi connectivity index (χ4v) is 4.21. The van der Waals surface area contributed by atoms with Crippen molar-refractivity contribution in [1.29, 1.82) is 0 Å². The molecule has 1 atom stereocenters. The molecule has 2 aromatic carbocycles. The van der Waals surface area contributed by atoms with Crippen molar-refractivity contribution in [2.24, 2.45) is 0 Å². The number of hydrogen-bond acceptors (Lipinski definition) is 6. The van der Waals surface area contributed by atoms with Crippen LogP contribution in [0.2, 0.25) is 0 Å². The number of carbonyl (C=O) groups excluding carboxylic acids is 2. The summed E-state index contributed by atoms with van der Waals surface area (Å²) in [4.78, 5) is 27.3. The first kappa shape index (κ1) is 19.0. The molecule has 3 aromatic rings. The van der Waals surface area contributed by atoms with Gasteiger partial charge in [0.05, 0.1) is 11.6 Å². The molecule has 1 fully saturated rings. The highest BCUT2D eigenvalue weighted by Crippen LogP contribution is 2.43. The van der Waals surface area contributed by atoms with Gasteiger partial charge in [-0.25, -0.2) is 0 Å². The predicted octanol–water partition coefficient (Wildman–Crippen LogP) is 4.09. The summed E-state index contributed by atoms with van der Waals surface area (Å²) in [5.41, 5.74) is 3.08. The third-order valence-corrected chi connectivity index (χ3v) is 5.77. The average Bonchev–Trinajstić information content (AvgIpc) is 3.25. The molecular formula is C22H19N3O3S. The molecule has 0 aliphatic carbocycles. The number of anilines is 1. The largest absolute Gasteiger partial charge is 0.507 e. The molecule has 146 valence electrons. The summed E-state index contributed by atoms with van der Waals surface area (Å²) in [5.74, 6) is -1.63. The number of carbonyl (C=O) groups is 2. The van der Waals surface area contributed by atoms with E-state index in [1.54, 1.807) is 6.92 Å². The van der Waals surface area contributed by atoms with E-state index in [2.05, 4.69) is 10.2 Å². The van der Waals surface area contributed by atoms with E-state index in [9.17, 15) is 14.7 Å². The van der Waals surface area contributed by atoms with Crippen molar-refractivity contribution >= 4 is 33.9 Å². The highest BCUT2D eigenvalue weighted by Gasteiger charge is 2.48. The van der Waals surface area contributed by atoms with Crippen molar-refractivity contribution in [2.75, 3.05) is 4.90 Å². The second kappa shape index (κ2) is 7.25. The molecule has 0 bridgehead atoms. The fourth-order valence-electron chi connectivity index (χ4n) is 3.50. The summed E-state index contributed by atoms with van der Waals surface area (Å²) in [7, 11) is 0. The second-order valence-corrected chi connectivity index (χ2v) is 8.16. The topological polar surface area (TPSA) is 83.4 Å². The zero-order chi connectivity index (χ0) is 20.7. The first-order valence-corrected chi connectivity index (χ1v) is 9.94. The number of benzene rings is 2. The fraction of sp³-hybridized carbons (Fsp3) is 0.182. The molecule has 4 rings (SSSR count). The van der Waals surface area contributed by atoms with E-state index in [0.29, 0.717) is 21.3 Å². The Morgan fingerprint density at radius 1 is 1.03 bits per heavy atom. The average molecular weight is 405 g/mol. The van der Waals surface area contributed by atoms with Gasteiger partial charge in [-0.2, -0.15) is 0 Å². The number of amides is 1. The number of aliphatic hydroxyl groups excluding tert-OH is 1. The summed E-state index contributed by atoms with van der Waals surface area (Å²) in [6.45, 7) is 5.55. The maximum atomic E-state index is 13.0. The number of hydrogen-bond donors (Lipinski definition) is 1. The second-order valence-electron chi connectivity index (χ2n) is 7.00. The number of rotatable bonds is 3. The van der Waals surface area contributed by atoms with Crippen LogP contribution in [-0.4, -0.2) is 27.0 Å². The summed E-state index contributed by atoms with van der Waals surface area (Å²) in [6.07, 6.45) is 0. The van der Waals surface area contributed by atoms with Crippen LogP contribution in [0.3, 0.4) is 0 Å². The van der Waals surface area contributed by atoms with Crippen molar-refractivity contribution in [3.05, 3.63) is 81.4 Å².